The third-order valence-electron chi connectivity index (χ3n) is 5.28. The van der Waals surface area contributed by atoms with E-state index >= 15 is 0 Å². The van der Waals surface area contributed by atoms with E-state index in [2.05, 4.69) is 10.3 Å². The lowest BCUT2D eigenvalue weighted by Crippen LogP contribution is -2.16. The molecule has 0 atom stereocenters. The molecule has 31 heavy (non-hydrogen) atoms. The van der Waals surface area contributed by atoms with Crippen LogP contribution in [-0.2, 0) is 12.8 Å². The average molecular weight is 436 g/mol. The number of halogens is 2. The minimum absolute atomic E-state index is 0.496. The summed E-state index contributed by atoms with van der Waals surface area (Å²) in [6, 6.07) is 8.88. The summed E-state index contributed by atoms with van der Waals surface area (Å²) in [5.41, 5.74) is 3.84. The van der Waals surface area contributed by atoms with Gasteiger partial charge in [-0.25, -0.2) is 18.7 Å². The van der Waals surface area contributed by atoms with E-state index < -0.39 is 23.1 Å². The first kappa shape index (κ1) is 19.6. The molecule has 1 aliphatic rings. The number of imidazole rings is 1. The third kappa shape index (κ3) is 3.63. The molecule has 2 aromatic carbocycles. The molecular formula is C23H18F2N4OS. The number of carbonyl (C=O) groups excluding carboxylic acids is 1. The smallest absolute Gasteiger partial charge is 0.261 e. The highest BCUT2D eigenvalue weighted by Crippen LogP contribution is 2.37. The summed E-state index contributed by atoms with van der Waals surface area (Å²) in [7, 11) is 0. The Morgan fingerprint density at radius 2 is 1.97 bits per heavy atom. The van der Waals surface area contributed by atoms with Gasteiger partial charge in [0, 0.05) is 22.3 Å². The summed E-state index contributed by atoms with van der Waals surface area (Å²) >= 11 is 1.65. The highest BCUT2D eigenvalue weighted by Gasteiger charge is 2.22. The second-order valence-electron chi connectivity index (χ2n) is 7.47. The van der Waals surface area contributed by atoms with Crippen LogP contribution in [0, 0.1) is 18.6 Å². The lowest BCUT2D eigenvalue weighted by Gasteiger charge is -2.11. The number of nitrogens with one attached hydrogen (secondary N) is 1. The largest absolute Gasteiger partial charge is 0.322 e. The number of thiazole rings is 1. The van der Waals surface area contributed by atoms with E-state index in [9.17, 15) is 13.6 Å². The second-order valence-corrected chi connectivity index (χ2v) is 8.53. The summed E-state index contributed by atoms with van der Waals surface area (Å²) in [5, 5.41) is 3.49. The Balaban J connectivity index is 1.47. The van der Waals surface area contributed by atoms with Crippen LogP contribution in [0.15, 0.2) is 48.9 Å². The Hall–Kier alpha value is -3.39. The van der Waals surface area contributed by atoms with Crippen molar-refractivity contribution in [3.05, 3.63) is 82.3 Å². The van der Waals surface area contributed by atoms with Crippen molar-refractivity contribution in [1.82, 2.24) is 14.5 Å². The molecule has 156 valence electrons. The van der Waals surface area contributed by atoms with Crippen molar-refractivity contribution in [2.45, 2.75) is 26.2 Å². The maximum absolute atomic E-state index is 13.9. The van der Waals surface area contributed by atoms with E-state index in [0.717, 1.165) is 59.0 Å². The van der Waals surface area contributed by atoms with Crippen molar-refractivity contribution in [3.63, 3.8) is 0 Å². The van der Waals surface area contributed by atoms with Crippen LogP contribution in [0.2, 0.25) is 0 Å². The molecule has 1 amide bonds. The highest BCUT2D eigenvalue weighted by molar-refractivity contribution is 7.14. The van der Waals surface area contributed by atoms with E-state index in [1.165, 1.54) is 10.9 Å². The molecule has 0 fully saturated rings. The van der Waals surface area contributed by atoms with Gasteiger partial charge in [0.2, 0.25) is 0 Å². The van der Waals surface area contributed by atoms with E-state index in [-0.39, 0.29) is 0 Å². The average Bonchev–Trinajstić information content (AvgIpc) is 3.31. The fraction of sp³-hybridized carbons (Fsp3) is 0.174. The Labute approximate surface area is 181 Å². The van der Waals surface area contributed by atoms with Gasteiger partial charge in [-0.05, 0) is 56.0 Å². The number of rotatable bonds is 3. The van der Waals surface area contributed by atoms with Crippen LogP contribution >= 0.6 is 11.3 Å². The first-order valence-corrected chi connectivity index (χ1v) is 10.7. The van der Waals surface area contributed by atoms with Gasteiger partial charge >= 0.3 is 0 Å². The molecule has 0 saturated carbocycles. The molecule has 5 nitrogen and oxygen atoms in total. The lowest BCUT2D eigenvalue weighted by molar-refractivity contribution is 0.101. The minimum Gasteiger partial charge on any atom is -0.322 e. The molecule has 4 aromatic rings. The van der Waals surface area contributed by atoms with Crippen LogP contribution < -0.4 is 5.32 Å². The number of nitrogens with zero attached hydrogens (tertiary/aromatic N) is 3. The maximum Gasteiger partial charge on any atom is 0.261 e. The van der Waals surface area contributed by atoms with Crippen LogP contribution in [0.5, 0.6) is 0 Å². The van der Waals surface area contributed by atoms with Crippen LogP contribution in [0.3, 0.4) is 0 Å². The molecule has 0 unspecified atom stereocenters. The first-order chi connectivity index (χ1) is 15.0. The Morgan fingerprint density at radius 3 is 2.71 bits per heavy atom. The first-order valence-electron chi connectivity index (χ1n) is 9.89. The van der Waals surface area contributed by atoms with Crippen LogP contribution in [0.1, 0.15) is 32.9 Å². The predicted octanol–water partition coefficient (Wildman–Crippen LogP) is 5.32. The van der Waals surface area contributed by atoms with E-state index in [0.29, 0.717) is 5.69 Å². The number of aromatic nitrogens is 3. The summed E-state index contributed by atoms with van der Waals surface area (Å²) < 4.78 is 29.8. The van der Waals surface area contributed by atoms with Crippen molar-refractivity contribution >= 4 is 22.9 Å². The number of benzene rings is 2. The number of hydrogen-bond acceptors (Lipinski definition) is 4. The van der Waals surface area contributed by atoms with Gasteiger partial charge < -0.3 is 5.32 Å². The maximum atomic E-state index is 13.9. The molecule has 2 aromatic heterocycles. The standard InChI is InChI=1S/C23H18F2N4OS/c1-13-11-29(12-26-13)23-28-21-16-9-8-15(10-14(16)4-2-7-19(21)31-23)27-22(30)20-17(24)5-3-6-18(20)25/h3,5-6,8-12H,2,4,7H2,1H3,(H,27,30). The molecule has 2 heterocycles. The molecule has 8 heteroatoms. The Bertz CT molecular complexity index is 1290. The number of anilines is 1. The predicted molar refractivity (Wildman–Crippen MR) is 116 cm³/mol. The molecule has 0 bridgehead atoms. The zero-order valence-corrected chi connectivity index (χ0v) is 17.5. The number of hydrogen-bond donors (Lipinski definition) is 1. The quantitative estimate of drug-likeness (QED) is 0.473. The van der Waals surface area contributed by atoms with Gasteiger partial charge in [0.15, 0.2) is 5.13 Å². The van der Waals surface area contributed by atoms with Crippen molar-refractivity contribution in [2.24, 2.45) is 0 Å². The molecule has 0 saturated heterocycles. The number of fused-ring (bicyclic) bond motifs is 3. The minimum atomic E-state index is -0.887. The number of aryl methyl sites for hydroxylation is 3. The van der Waals surface area contributed by atoms with Crippen LogP contribution in [0.25, 0.3) is 16.4 Å². The molecule has 0 spiro atoms. The normalized spacial score (nSPS) is 12.7. The van der Waals surface area contributed by atoms with Gasteiger partial charge in [-0.3, -0.25) is 9.36 Å². The van der Waals surface area contributed by atoms with Crippen molar-refractivity contribution in [3.8, 4) is 16.4 Å². The van der Waals surface area contributed by atoms with Crippen LogP contribution in [-0.4, -0.2) is 20.4 Å². The Kier molecular flexibility index (Phi) is 4.86. The lowest BCUT2D eigenvalue weighted by atomic mass is 10.0. The van der Waals surface area contributed by atoms with Gasteiger partial charge in [0.05, 0.1) is 11.4 Å². The molecule has 0 aliphatic heterocycles. The van der Waals surface area contributed by atoms with E-state index in [1.807, 2.05) is 29.8 Å². The summed E-state index contributed by atoms with van der Waals surface area (Å²) in [6.45, 7) is 1.94. The van der Waals surface area contributed by atoms with Gasteiger partial charge in [-0.2, -0.15) is 0 Å². The van der Waals surface area contributed by atoms with Gasteiger partial charge in [0.25, 0.3) is 5.91 Å². The molecule has 1 aliphatic carbocycles. The molecular weight excluding hydrogens is 418 g/mol. The third-order valence-corrected chi connectivity index (χ3v) is 6.41. The number of amides is 1. The molecule has 1 N–H and O–H groups in total. The second kappa shape index (κ2) is 7.70. The van der Waals surface area contributed by atoms with Crippen LogP contribution in [0.4, 0.5) is 14.5 Å². The van der Waals surface area contributed by atoms with E-state index in [4.69, 9.17) is 4.98 Å². The van der Waals surface area contributed by atoms with Crippen molar-refractivity contribution in [2.75, 3.05) is 5.32 Å². The monoisotopic (exact) mass is 436 g/mol. The highest BCUT2D eigenvalue weighted by atomic mass is 32.1. The summed E-state index contributed by atoms with van der Waals surface area (Å²) in [4.78, 5) is 22.8. The summed E-state index contributed by atoms with van der Waals surface area (Å²) in [5.74, 6) is -2.58. The zero-order chi connectivity index (χ0) is 21.5. The van der Waals surface area contributed by atoms with Gasteiger partial charge in [-0.15, -0.1) is 11.3 Å². The van der Waals surface area contributed by atoms with E-state index in [1.54, 1.807) is 23.7 Å². The molecule has 0 radical (unpaired) electrons. The zero-order valence-electron chi connectivity index (χ0n) is 16.7. The van der Waals surface area contributed by atoms with Gasteiger partial charge in [0.1, 0.15) is 23.5 Å². The van der Waals surface area contributed by atoms with Crippen molar-refractivity contribution in [1.29, 1.82) is 0 Å². The SMILES string of the molecule is Cc1cn(-c2nc3c(s2)CCCc2cc(NC(=O)c4c(F)cccc4F)ccc2-3)cn1. The summed E-state index contributed by atoms with van der Waals surface area (Å²) in [6.07, 6.45) is 6.39. The van der Waals surface area contributed by atoms with Gasteiger partial charge in [-0.1, -0.05) is 12.1 Å². The topological polar surface area (TPSA) is 59.8 Å². The fourth-order valence-electron chi connectivity index (χ4n) is 3.81. The van der Waals surface area contributed by atoms with Crippen molar-refractivity contribution < 1.29 is 13.6 Å². The fourth-order valence-corrected chi connectivity index (χ4v) is 4.87. The Morgan fingerprint density at radius 1 is 1.16 bits per heavy atom. The number of carbonyl (C=O) groups is 1. The molecule has 5 rings (SSSR count).